The van der Waals surface area contributed by atoms with Crippen molar-refractivity contribution in [2.24, 2.45) is 0 Å². The van der Waals surface area contributed by atoms with Gasteiger partial charge in [0, 0.05) is 48.7 Å². The quantitative estimate of drug-likeness (QED) is 0.723. The van der Waals surface area contributed by atoms with Gasteiger partial charge in [0.25, 0.3) is 0 Å². The number of imidazole rings is 1. The van der Waals surface area contributed by atoms with Gasteiger partial charge in [-0.1, -0.05) is 6.07 Å². The number of benzene rings is 1. The molecule has 4 nitrogen and oxygen atoms in total. The Bertz CT molecular complexity index is 822. The summed E-state index contributed by atoms with van der Waals surface area (Å²) in [5, 5.41) is 3.37. The molecule has 1 atom stereocenters. The maximum atomic E-state index is 4.49. The Kier molecular flexibility index (Phi) is 4.21. The van der Waals surface area contributed by atoms with Crippen molar-refractivity contribution in [3.05, 3.63) is 64.1 Å². The third-order valence-electron chi connectivity index (χ3n) is 4.90. The SMILES string of the molecule is Cc1cc(-n2ccnc2C)ccc1CN1CCC(c2nccs2)C1. The van der Waals surface area contributed by atoms with Crippen LogP contribution in [0.15, 0.2) is 42.2 Å². The van der Waals surface area contributed by atoms with Gasteiger partial charge in [-0.3, -0.25) is 4.90 Å². The summed E-state index contributed by atoms with van der Waals surface area (Å²) in [6.45, 7) is 7.55. The highest BCUT2D eigenvalue weighted by Crippen LogP contribution is 2.30. The number of aromatic nitrogens is 3. The Labute approximate surface area is 146 Å². The van der Waals surface area contributed by atoms with Crippen LogP contribution in [0.1, 0.15) is 34.3 Å². The standard InChI is InChI=1S/C19H22N4S/c1-14-11-18(23-9-6-20-15(23)2)4-3-16(14)12-22-8-5-17(13-22)19-21-7-10-24-19/h3-4,6-7,9-11,17H,5,8,12-13H2,1-2H3. The molecule has 2 aromatic heterocycles. The Hall–Kier alpha value is -1.98. The molecule has 4 rings (SSSR count). The third kappa shape index (κ3) is 3.01. The molecule has 0 radical (unpaired) electrons. The van der Waals surface area contributed by atoms with Gasteiger partial charge in [-0.15, -0.1) is 11.3 Å². The van der Waals surface area contributed by atoms with E-state index in [-0.39, 0.29) is 0 Å². The number of thiazole rings is 1. The molecule has 1 saturated heterocycles. The average molecular weight is 338 g/mol. The molecule has 0 N–H and O–H groups in total. The number of likely N-dealkylation sites (tertiary alicyclic amines) is 1. The van der Waals surface area contributed by atoms with Crippen molar-refractivity contribution < 1.29 is 0 Å². The van der Waals surface area contributed by atoms with Gasteiger partial charge in [-0.25, -0.2) is 9.97 Å². The van der Waals surface area contributed by atoms with E-state index in [2.05, 4.69) is 49.9 Å². The van der Waals surface area contributed by atoms with Crippen LogP contribution in [0, 0.1) is 13.8 Å². The highest BCUT2D eigenvalue weighted by atomic mass is 32.1. The lowest BCUT2D eigenvalue weighted by molar-refractivity contribution is 0.326. The largest absolute Gasteiger partial charge is 0.304 e. The smallest absolute Gasteiger partial charge is 0.110 e. The fourth-order valence-corrected chi connectivity index (χ4v) is 4.28. The van der Waals surface area contributed by atoms with E-state index in [1.54, 1.807) is 11.3 Å². The maximum Gasteiger partial charge on any atom is 0.110 e. The minimum atomic E-state index is 0.609. The molecule has 0 saturated carbocycles. The second-order valence-corrected chi connectivity index (χ2v) is 7.47. The number of hydrogen-bond acceptors (Lipinski definition) is 4. The first kappa shape index (κ1) is 15.5. The van der Waals surface area contributed by atoms with Crippen LogP contribution in [0.4, 0.5) is 0 Å². The number of hydrogen-bond donors (Lipinski definition) is 0. The molecular formula is C19H22N4S. The zero-order valence-electron chi connectivity index (χ0n) is 14.1. The maximum absolute atomic E-state index is 4.49. The lowest BCUT2D eigenvalue weighted by Gasteiger charge is -2.18. The summed E-state index contributed by atoms with van der Waals surface area (Å²) in [5.41, 5.74) is 3.95. The highest BCUT2D eigenvalue weighted by molar-refractivity contribution is 7.09. The van der Waals surface area contributed by atoms with Crippen LogP contribution in [0.3, 0.4) is 0 Å². The van der Waals surface area contributed by atoms with Gasteiger partial charge in [-0.2, -0.15) is 0 Å². The van der Waals surface area contributed by atoms with Crippen LogP contribution in [0.25, 0.3) is 5.69 Å². The first-order valence-electron chi connectivity index (χ1n) is 8.42. The molecule has 1 fully saturated rings. The summed E-state index contributed by atoms with van der Waals surface area (Å²) in [6, 6.07) is 6.73. The van der Waals surface area contributed by atoms with E-state index in [9.17, 15) is 0 Å². The fraction of sp³-hybridized carbons (Fsp3) is 0.368. The summed E-state index contributed by atoms with van der Waals surface area (Å²) >= 11 is 1.79. The minimum Gasteiger partial charge on any atom is -0.304 e. The van der Waals surface area contributed by atoms with E-state index in [0.717, 1.165) is 25.5 Å². The van der Waals surface area contributed by atoms with Gasteiger partial charge < -0.3 is 4.57 Å². The van der Waals surface area contributed by atoms with Crippen molar-refractivity contribution in [3.8, 4) is 5.69 Å². The van der Waals surface area contributed by atoms with Gasteiger partial charge in [0.2, 0.25) is 0 Å². The molecule has 0 amide bonds. The van der Waals surface area contributed by atoms with Crippen LogP contribution in [-0.4, -0.2) is 32.5 Å². The van der Waals surface area contributed by atoms with Crippen LogP contribution in [0.5, 0.6) is 0 Å². The normalized spacial score (nSPS) is 18.3. The molecule has 1 aliphatic heterocycles. The minimum absolute atomic E-state index is 0.609. The Morgan fingerprint density at radius 1 is 1.21 bits per heavy atom. The molecule has 3 heterocycles. The lowest BCUT2D eigenvalue weighted by atomic mass is 10.1. The van der Waals surface area contributed by atoms with E-state index < -0.39 is 0 Å². The van der Waals surface area contributed by atoms with E-state index in [4.69, 9.17) is 0 Å². The van der Waals surface area contributed by atoms with Crippen molar-refractivity contribution in [3.63, 3.8) is 0 Å². The molecule has 124 valence electrons. The predicted octanol–water partition coefficient (Wildman–Crippen LogP) is 3.94. The van der Waals surface area contributed by atoms with Crippen LogP contribution < -0.4 is 0 Å². The number of rotatable bonds is 4. The zero-order valence-corrected chi connectivity index (χ0v) is 15.0. The summed E-state index contributed by atoms with van der Waals surface area (Å²) < 4.78 is 2.13. The highest BCUT2D eigenvalue weighted by Gasteiger charge is 2.25. The van der Waals surface area contributed by atoms with Crippen LogP contribution in [-0.2, 0) is 6.54 Å². The number of nitrogens with zero attached hydrogens (tertiary/aromatic N) is 4. The van der Waals surface area contributed by atoms with E-state index >= 15 is 0 Å². The van der Waals surface area contributed by atoms with E-state index in [0.29, 0.717) is 5.92 Å². The molecule has 1 aromatic carbocycles. The van der Waals surface area contributed by atoms with Gasteiger partial charge >= 0.3 is 0 Å². The summed E-state index contributed by atoms with van der Waals surface area (Å²) in [4.78, 5) is 11.4. The molecule has 0 aliphatic carbocycles. The van der Waals surface area contributed by atoms with Crippen molar-refractivity contribution >= 4 is 11.3 Å². The van der Waals surface area contributed by atoms with Crippen molar-refractivity contribution in [1.29, 1.82) is 0 Å². The molecule has 0 bridgehead atoms. The van der Waals surface area contributed by atoms with Gasteiger partial charge in [0.15, 0.2) is 0 Å². The van der Waals surface area contributed by atoms with E-state index in [1.165, 1.54) is 28.2 Å². The van der Waals surface area contributed by atoms with E-state index in [1.807, 2.05) is 25.5 Å². The predicted molar refractivity (Wildman–Crippen MR) is 97.8 cm³/mol. The molecule has 3 aromatic rings. The Morgan fingerprint density at radius 2 is 2.12 bits per heavy atom. The monoisotopic (exact) mass is 338 g/mol. The van der Waals surface area contributed by atoms with Crippen LogP contribution >= 0.6 is 11.3 Å². The molecule has 1 aliphatic rings. The second-order valence-electron chi connectivity index (χ2n) is 6.55. The first-order valence-corrected chi connectivity index (χ1v) is 9.30. The molecule has 1 unspecified atom stereocenters. The molecule has 24 heavy (non-hydrogen) atoms. The van der Waals surface area contributed by atoms with Gasteiger partial charge in [0.05, 0.1) is 5.01 Å². The fourth-order valence-electron chi connectivity index (χ4n) is 3.51. The lowest BCUT2D eigenvalue weighted by Crippen LogP contribution is -2.20. The van der Waals surface area contributed by atoms with Crippen LogP contribution in [0.2, 0.25) is 0 Å². The van der Waals surface area contributed by atoms with Crippen molar-refractivity contribution in [2.75, 3.05) is 13.1 Å². The Balaban J connectivity index is 1.47. The number of aryl methyl sites for hydroxylation is 2. The van der Waals surface area contributed by atoms with Crippen molar-refractivity contribution in [2.45, 2.75) is 32.7 Å². The summed E-state index contributed by atoms with van der Waals surface area (Å²) in [6.07, 6.45) is 7.01. The van der Waals surface area contributed by atoms with Gasteiger partial charge in [0.1, 0.15) is 5.82 Å². The first-order chi connectivity index (χ1) is 11.7. The molecule has 5 heteroatoms. The topological polar surface area (TPSA) is 34.0 Å². The van der Waals surface area contributed by atoms with Gasteiger partial charge in [-0.05, 0) is 50.1 Å². The zero-order chi connectivity index (χ0) is 16.5. The molecule has 0 spiro atoms. The Morgan fingerprint density at radius 3 is 2.83 bits per heavy atom. The third-order valence-corrected chi connectivity index (χ3v) is 5.84. The second kappa shape index (κ2) is 6.49. The molecular weight excluding hydrogens is 316 g/mol. The summed E-state index contributed by atoms with van der Waals surface area (Å²) in [5.74, 6) is 1.63. The average Bonchev–Trinajstić information content (AvgIpc) is 3.30. The summed E-state index contributed by atoms with van der Waals surface area (Å²) in [7, 11) is 0. The van der Waals surface area contributed by atoms with Crippen molar-refractivity contribution in [1.82, 2.24) is 19.4 Å².